The van der Waals surface area contributed by atoms with Crippen LogP contribution in [0, 0.1) is 0 Å². The molecule has 0 unspecified atom stereocenters. The Morgan fingerprint density at radius 2 is 1.95 bits per heavy atom. The molecular weight excluding hydrogens is 272 g/mol. The number of aliphatic carboxylic acids is 1. The highest BCUT2D eigenvalue weighted by Crippen LogP contribution is 2.25. The number of amides is 2. The molecule has 2 N–H and O–H groups in total. The minimum atomic E-state index is -1.07. The van der Waals surface area contributed by atoms with Crippen molar-refractivity contribution >= 4 is 17.7 Å². The minimum Gasteiger partial charge on any atom is -0.480 e. The first-order chi connectivity index (χ1) is 9.77. The van der Waals surface area contributed by atoms with E-state index in [1.807, 2.05) is 20.8 Å². The van der Waals surface area contributed by atoms with Crippen LogP contribution in [-0.2, 0) is 4.79 Å². The number of carbonyl (C=O) groups is 2. The van der Waals surface area contributed by atoms with Crippen molar-refractivity contribution in [1.29, 1.82) is 0 Å². The maximum atomic E-state index is 12.3. The smallest absolute Gasteiger partial charge is 0.341 e. The van der Waals surface area contributed by atoms with Crippen LogP contribution in [-0.4, -0.2) is 41.2 Å². The maximum absolute atomic E-state index is 12.3. The number of ether oxygens (including phenoxy) is 1. The average Bonchev–Trinajstić information content (AvgIpc) is 2.45. The van der Waals surface area contributed by atoms with Crippen LogP contribution in [0.3, 0.4) is 0 Å². The molecule has 0 radical (unpaired) electrons. The standard InChI is InChI=1S/C15H22N2O4/c1-5-15(2,3)17(4)14(20)16-11-8-6-7-9-12(11)21-10-13(18)19/h6-9H,5,10H2,1-4H3,(H,16,20)(H,18,19). The number of hydrogen-bond donors (Lipinski definition) is 2. The Labute approximate surface area is 124 Å². The lowest BCUT2D eigenvalue weighted by Crippen LogP contribution is -2.46. The SMILES string of the molecule is CCC(C)(C)N(C)C(=O)Nc1ccccc1OCC(=O)O. The fourth-order valence-corrected chi connectivity index (χ4v) is 1.55. The predicted octanol–water partition coefficient (Wildman–Crippen LogP) is 2.80. The highest BCUT2D eigenvalue weighted by Gasteiger charge is 2.26. The van der Waals surface area contributed by atoms with E-state index in [1.54, 1.807) is 36.2 Å². The Morgan fingerprint density at radius 3 is 2.52 bits per heavy atom. The number of urea groups is 1. The molecule has 0 bridgehead atoms. The van der Waals surface area contributed by atoms with Gasteiger partial charge in [-0.2, -0.15) is 0 Å². The largest absolute Gasteiger partial charge is 0.480 e. The molecule has 116 valence electrons. The van der Waals surface area contributed by atoms with Gasteiger partial charge in [0.2, 0.25) is 0 Å². The first-order valence-corrected chi connectivity index (χ1v) is 6.76. The molecule has 0 aliphatic carbocycles. The Morgan fingerprint density at radius 1 is 1.33 bits per heavy atom. The van der Waals surface area contributed by atoms with E-state index in [9.17, 15) is 9.59 Å². The second kappa shape index (κ2) is 6.97. The zero-order valence-electron chi connectivity index (χ0n) is 12.8. The summed E-state index contributed by atoms with van der Waals surface area (Å²) in [5.74, 6) is -0.740. The Kier molecular flexibility index (Phi) is 5.58. The van der Waals surface area contributed by atoms with Crippen molar-refractivity contribution in [3.05, 3.63) is 24.3 Å². The van der Waals surface area contributed by atoms with Crippen LogP contribution in [0.25, 0.3) is 0 Å². The zero-order chi connectivity index (χ0) is 16.0. The van der Waals surface area contributed by atoms with E-state index in [1.165, 1.54) is 0 Å². The van der Waals surface area contributed by atoms with Crippen LogP contribution >= 0.6 is 0 Å². The predicted molar refractivity (Wildman–Crippen MR) is 80.7 cm³/mol. The molecule has 0 heterocycles. The van der Waals surface area contributed by atoms with Crippen LogP contribution in [0.15, 0.2) is 24.3 Å². The molecular formula is C15H22N2O4. The van der Waals surface area contributed by atoms with Gasteiger partial charge in [0.25, 0.3) is 0 Å². The quantitative estimate of drug-likeness (QED) is 0.845. The number of para-hydroxylation sites is 2. The van der Waals surface area contributed by atoms with E-state index < -0.39 is 12.6 Å². The fraction of sp³-hybridized carbons (Fsp3) is 0.467. The molecule has 6 nitrogen and oxygen atoms in total. The number of carboxylic acid groups (broad SMARTS) is 1. The molecule has 0 atom stereocenters. The summed E-state index contributed by atoms with van der Waals surface area (Å²) in [5, 5.41) is 11.4. The topological polar surface area (TPSA) is 78.9 Å². The summed E-state index contributed by atoms with van der Waals surface area (Å²) in [5.41, 5.74) is 0.170. The van der Waals surface area contributed by atoms with Crippen molar-refractivity contribution < 1.29 is 19.4 Å². The van der Waals surface area contributed by atoms with Crippen LogP contribution in [0.2, 0.25) is 0 Å². The summed E-state index contributed by atoms with van der Waals surface area (Å²) in [7, 11) is 1.72. The minimum absolute atomic E-state index is 0.270. The number of rotatable bonds is 6. The molecule has 2 amide bonds. The first-order valence-electron chi connectivity index (χ1n) is 6.76. The number of hydrogen-bond acceptors (Lipinski definition) is 3. The summed E-state index contributed by atoms with van der Waals surface area (Å²) < 4.78 is 5.16. The van der Waals surface area contributed by atoms with E-state index >= 15 is 0 Å². The van der Waals surface area contributed by atoms with Gasteiger partial charge in [-0.1, -0.05) is 19.1 Å². The normalized spacial score (nSPS) is 10.9. The zero-order valence-corrected chi connectivity index (χ0v) is 12.8. The molecule has 0 aromatic heterocycles. The fourth-order valence-electron chi connectivity index (χ4n) is 1.55. The van der Waals surface area contributed by atoms with Crippen molar-refractivity contribution in [2.75, 3.05) is 19.0 Å². The average molecular weight is 294 g/mol. The third kappa shape index (κ3) is 4.66. The Bertz CT molecular complexity index is 514. The van der Waals surface area contributed by atoms with Gasteiger partial charge in [-0.15, -0.1) is 0 Å². The number of nitrogens with zero attached hydrogens (tertiary/aromatic N) is 1. The van der Waals surface area contributed by atoms with E-state index in [0.717, 1.165) is 6.42 Å². The molecule has 6 heteroatoms. The van der Waals surface area contributed by atoms with Gasteiger partial charge in [-0.05, 0) is 32.4 Å². The molecule has 0 aliphatic rings. The van der Waals surface area contributed by atoms with Crippen molar-refractivity contribution in [2.24, 2.45) is 0 Å². The van der Waals surface area contributed by atoms with Crippen LogP contribution in [0.5, 0.6) is 5.75 Å². The second-order valence-electron chi connectivity index (χ2n) is 5.33. The lowest BCUT2D eigenvalue weighted by Gasteiger charge is -2.34. The first kappa shape index (κ1) is 16.8. The number of nitrogens with one attached hydrogen (secondary N) is 1. The lowest BCUT2D eigenvalue weighted by atomic mass is 10.0. The lowest BCUT2D eigenvalue weighted by molar-refractivity contribution is -0.139. The maximum Gasteiger partial charge on any atom is 0.341 e. The van der Waals surface area contributed by atoms with Crippen molar-refractivity contribution in [3.63, 3.8) is 0 Å². The number of benzene rings is 1. The molecule has 0 saturated heterocycles. The highest BCUT2D eigenvalue weighted by molar-refractivity contribution is 5.91. The summed E-state index contributed by atoms with van der Waals surface area (Å²) in [6.07, 6.45) is 0.814. The summed E-state index contributed by atoms with van der Waals surface area (Å²) in [6.45, 7) is 5.50. The van der Waals surface area contributed by atoms with Gasteiger partial charge >= 0.3 is 12.0 Å². The Balaban J connectivity index is 2.83. The number of carboxylic acids is 1. The number of carbonyl (C=O) groups excluding carboxylic acids is 1. The molecule has 1 aromatic rings. The van der Waals surface area contributed by atoms with Gasteiger partial charge in [0.1, 0.15) is 5.75 Å². The summed E-state index contributed by atoms with van der Waals surface area (Å²) >= 11 is 0. The molecule has 0 spiro atoms. The molecule has 1 aromatic carbocycles. The Hall–Kier alpha value is -2.24. The van der Waals surface area contributed by atoms with E-state index in [-0.39, 0.29) is 11.6 Å². The molecule has 0 aliphatic heterocycles. The van der Waals surface area contributed by atoms with E-state index in [2.05, 4.69) is 5.32 Å². The van der Waals surface area contributed by atoms with E-state index in [0.29, 0.717) is 11.4 Å². The molecule has 21 heavy (non-hydrogen) atoms. The van der Waals surface area contributed by atoms with Gasteiger partial charge in [0, 0.05) is 12.6 Å². The molecule has 1 rings (SSSR count). The van der Waals surface area contributed by atoms with Gasteiger partial charge in [0.15, 0.2) is 6.61 Å². The van der Waals surface area contributed by atoms with Gasteiger partial charge < -0.3 is 20.1 Å². The summed E-state index contributed by atoms with van der Waals surface area (Å²) in [6, 6.07) is 6.47. The third-order valence-electron chi connectivity index (χ3n) is 3.56. The van der Waals surface area contributed by atoms with Crippen LogP contribution < -0.4 is 10.1 Å². The summed E-state index contributed by atoms with van der Waals surface area (Å²) in [4.78, 5) is 24.4. The second-order valence-corrected chi connectivity index (χ2v) is 5.33. The van der Waals surface area contributed by atoms with Crippen molar-refractivity contribution in [3.8, 4) is 5.75 Å². The highest BCUT2D eigenvalue weighted by atomic mass is 16.5. The van der Waals surface area contributed by atoms with Gasteiger partial charge in [-0.3, -0.25) is 0 Å². The number of anilines is 1. The van der Waals surface area contributed by atoms with Crippen molar-refractivity contribution in [2.45, 2.75) is 32.7 Å². The van der Waals surface area contributed by atoms with Crippen LogP contribution in [0.1, 0.15) is 27.2 Å². The van der Waals surface area contributed by atoms with E-state index in [4.69, 9.17) is 9.84 Å². The molecule has 0 fully saturated rings. The molecule has 0 saturated carbocycles. The third-order valence-corrected chi connectivity index (χ3v) is 3.56. The van der Waals surface area contributed by atoms with Crippen LogP contribution in [0.4, 0.5) is 10.5 Å². The van der Waals surface area contributed by atoms with Gasteiger partial charge in [0.05, 0.1) is 5.69 Å². The van der Waals surface area contributed by atoms with Crippen molar-refractivity contribution in [1.82, 2.24) is 4.90 Å². The van der Waals surface area contributed by atoms with Gasteiger partial charge in [-0.25, -0.2) is 9.59 Å². The monoisotopic (exact) mass is 294 g/mol.